The smallest absolute Gasteiger partial charge is 0.222 e. The number of imidazole rings is 1. The van der Waals surface area contributed by atoms with Crippen LogP contribution in [0.15, 0.2) is 24.7 Å². The number of fused-ring (bicyclic) bond motifs is 1. The average molecular weight is 386 g/mol. The van der Waals surface area contributed by atoms with E-state index in [1.165, 1.54) is 6.33 Å². The van der Waals surface area contributed by atoms with E-state index < -0.39 is 0 Å². The van der Waals surface area contributed by atoms with Gasteiger partial charge in [0, 0.05) is 44.4 Å². The van der Waals surface area contributed by atoms with Gasteiger partial charge in [-0.15, -0.1) is 0 Å². The van der Waals surface area contributed by atoms with Crippen LogP contribution < -0.4 is 5.32 Å². The van der Waals surface area contributed by atoms with E-state index in [-0.39, 0.29) is 11.9 Å². The lowest BCUT2D eigenvalue weighted by molar-refractivity contribution is -0.129. The summed E-state index contributed by atoms with van der Waals surface area (Å²) in [6.45, 7) is 3.33. The van der Waals surface area contributed by atoms with Crippen molar-refractivity contribution in [3.8, 4) is 11.4 Å². The largest absolute Gasteiger partial charge is 0.364 e. The fourth-order valence-corrected chi connectivity index (χ4v) is 3.50. The highest BCUT2D eigenvalue weighted by molar-refractivity contribution is 6.29. The Hall–Kier alpha value is -2.74. The van der Waals surface area contributed by atoms with E-state index in [1.54, 1.807) is 12.3 Å². The number of halogens is 1. The van der Waals surface area contributed by atoms with Crippen LogP contribution in [0.25, 0.3) is 22.6 Å². The Kier molecular flexibility index (Phi) is 4.65. The Balaban J connectivity index is 1.64. The molecule has 0 bridgehead atoms. The Morgan fingerprint density at radius 2 is 2.19 bits per heavy atom. The SMILES string of the molecule is CCC(=O)N1CC[C@H](Nc2ncnc3c2nc(-c2ccc(Cl)nc2)n3C)C1. The van der Waals surface area contributed by atoms with Crippen molar-refractivity contribution < 1.29 is 4.79 Å². The molecule has 1 aliphatic rings. The molecule has 1 saturated heterocycles. The second-order valence-corrected chi connectivity index (χ2v) is 6.97. The Morgan fingerprint density at radius 3 is 2.93 bits per heavy atom. The van der Waals surface area contributed by atoms with Gasteiger partial charge in [-0.25, -0.2) is 19.9 Å². The van der Waals surface area contributed by atoms with Gasteiger partial charge in [0.15, 0.2) is 17.0 Å². The molecule has 1 fully saturated rings. The summed E-state index contributed by atoms with van der Waals surface area (Å²) in [5.74, 6) is 1.61. The van der Waals surface area contributed by atoms with Crippen LogP contribution in [-0.4, -0.2) is 54.4 Å². The molecule has 0 radical (unpaired) electrons. The lowest BCUT2D eigenvalue weighted by atomic mass is 10.2. The molecule has 8 nitrogen and oxygen atoms in total. The molecule has 0 aliphatic carbocycles. The van der Waals surface area contributed by atoms with E-state index in [4.69, 9.17) is 16.6 Å². The van der Waals surface area contributed by atoms with Gasteiger partial charge in [-0.2, -0.15) is 0 Å². The van der Waals surface area contributed by atoms with Crippen LogP contribution in [0.2, 0.25) is 5.15 Å². The van der Waals surface area contributed by atoms with Crippen molar-refractivity contribution in [2.75, 3.05) is 18.4 Å². The van der Waals surface area contributed by atoms with Gasteiger partial charge >= 0.3 is 0 Å². The second kappa shape index (κ2) is 7.11. The van der Waals surface area contributed by atoms with Crippen LogP contribution >= 0.6 is 11.6 Å². The monoisotopic (exact) mass is 385 g/mol. The standard InChI is InChI=1S/C18H20ClN7O/c1-3-14(27)26-7-6-12(9-26)23-16-15-18(22-10-21-16)25(2)17(24-15)11-4-5-13(19)20-8-11/h4-5,8,10,12H,3,6-7,9H2,1-2H3,(H,21,22,23)/t12-/m0/s1. The van der Waals surface area contributed by atoms with Gasteiger partial charge in [0.1, 0.15) is 17.3 Å². The lowest BCUT2D eigenvalue weighted by Gasteiger charge is -2.16. The van der Waals surface area contributed by atoms with Gasteiger partial charge in [0.25, 0.3) is 0 Å². The number of amides is 1. The summed E-state index contributed by atoms with van der Waals surface area (Å²) in [4.78, 5) is 31.4. The first kappa shape index (κ1) is 17.7. The average Bonchev–Trinajstić information content (AvgIpc) is 3.28. The van der Waals surface area contributed by atoms with E-state index >= 15 is 0 Å². The van der Waals surface area contributed by atoms with Crippen LogP contribution in [0.1, 0.15) is 19.8 Å². The molecule has 4 heterocycles. The van der Waals surface area contributed by atoms with Crippen LogP contribution in [0, 0.1) is 0 Å². The maximum absolute atomic E-state index is 11.9. The summed E-state index contributed by atoms with van der Waals surface area (Å²) >= 11 is 5.88. The number of hydrogen-bond donors (Lipinski definition) is 1. The molecule has 0 unspecified atom stereocenters. The predicted octanol–water partition coefficient (Wildman–Crippen LogP) is 2.50. The number of carbonyl (C=O) groups is 1. The molecule has 3 aromatic rings. The number of nitrogens with zero attached hydrogens (tertiary/aromatic N) is 6. The van der Waals surface area contributed by atoms with E-state index in [0.29, 0.717) is 29.5 Å². The number of likely N-dealkylation sites (tertiary alicyclic amines) is 1. The van der Waals surface area contributed by atoms with E-state index in [2.05, 4.69) is 20.3 Å². The molecule has 1 amide bonds. The highest BCUT2D eigenvalue weighted by Crippen LogP contribution is 2.27. The van der Waals surface area contributed by atoms with Crippen molar-refractivity contribution in [2.24, 2.45) is 7.05 Å². The lowest BCUT2D eigenvalue weighted by Crippen LogP contribution is -2.31. The predicted molar refractivity (Wildman–Crippen MR) is 103 cm³/mol. The molecule has 4 rings (SSSR count). The highest BCUT2D eigenvalue weighted by atomic mass is 35.5. The third kappa shape index (κ3) is 3.32. The molecule has 0 saturated carbocycles. The zero-order valence-electron chi connectivity index (χ0n) is 15.2. The van der Waals surface area contributed by atoms with Crippen molar-refractivity contribution >= 4 is 34.5 Å². The van der Waals surface area contributed by atoms with Gasteiger partial charge in [0.05, 0.1) is 0 Å². The minimum Gasteiger partial charge on any atom is -0.364 e. The van der Waals surface area contributed by atoms with Crippen molar-refractivity contribution in [1.29, 1.82) is 0 Å². The van der Waals surface area contributed by atoms with Gasteiger partial charge < -0.3 is 14.8 Å². The number of hydrogen-bond acceptors (Lipinski definition) is 6. The first-order valence-electron chi connectivity index (χ1n) is 8.90. The van der Waals surface area contributed by atoms with Crippen molar-refractivity contribution in [2.45, 2.75) is 25.8 Å². The molecule has 140 valence electrons. The maximum Gasteiger partial charge on any atom is 0.222 e. The van der Waals surface area contributed by atoms with Crippen LogP contribution in [-0.2, 0) is 11.8 Å². The number of aryl methyl sites for hydroxylation is 1. The third-order valence-corrected chi connectivity index (χ3v) is 5.05. The summed E-state index contributed by atoms with van der Waals surface area (Å²) in [6, 6.07) is 3.77. The Morgan fingerprint density at radius 1 is 1.33 bits per heavy atom. The summed E-state index contributed by atoms with van der Waals surface area (Å²) in [7, 11) is 1.91. The minimum absolute atomic E-state index is 0.154. The number of aromatic nitrogens is 5. The zero-order chi connectivity index (χ0) is 19.0. The number of pyridine rings is 1. The van der Waals surface area contributed by atoms with Crippen molar-refractivity contribution in [1.82, 2.24) is 29.4 Å². The second-order valence-electron chi connectivity index (χ2n) is 6.58. The molecule has 0 aromatic carbocycles. The maximum atomic E-state index is 11.9. The molecular formula is C18H20ClN7O. The van der Waals surface area contributed by atoms with E-state index in [1.807, 2.05) is 29.5 Å². The normalized spacial score (nSPS) is 16.9. The molecule has 9 heteroatoms. The first-order valence-corrected chi connectivity index (χ1v) is 9.28. The van der Waals surface area contributed by atoms with Gasteiger partial charge in [0.2, 0.25) is 5.91 Å². The zero-order valence-corrected chi connectivity index (χ0v) is 15.9. The topological polar surface area (TPSA) is 88.8 Å². The number of nitrogens with one attached hydrogen (secondary N) is 1. The van der Waals surface area contributed by atoms with Gasteiger partial charge in [-0.05, 0) is 18.6 Å². The van der Waals surface area contributed by atoms with Crippen molar-refractivity contribution in [3.63, 3.8) is 0 Å². The summed E-state index contributed by atoms with van der Waals surface area (Å²) in [5, 5.41) is 3.87. The molecule has 1 aliphatic heterocycles. The minimum atomic E-state index is 0.154. The molecular weight excluding hydrogens is 366 g/mol. The third-order valence-electron chi connectivity index (χ3n) is 4.83. The van der Waals surface area contributed by atoms with E-state index in [0.717, 1.165) is 30.0 Å². The number of anilines is 1. The summed E-state index contributed by atoms with van der Waals surface area (Å²) < 4.78 is 1.91. The van der Waals surface area contributed by atoms with Crippen LogP contribution in [0.4, 0.5) is 5.82 Å². The quantitative estimate of drug-likeness (QED) is 0.694. The molecule has 1 N–H and O–H groups in total. The molecule has 0 spiro atoms. The summed E-state index contributed by atoms with van der Waals surface area (Å²) in [6.07, 6.45) is 4.64. The highest BCUT2D eigenvalue weighted by Gasteiger charge is 2.26. The number of carbonyl (C=O) groups excluding carboxylic acids is 1. The molecule has 27 heavy (non-hydrogen) atoms. The number of rotatable bonds is 4. The Labute approximate surface area is 161 Å². The van der Waals surface area contributed by atoms with E-state index in [9.17, 15) is 4.79 Å². The fraction of sp³-hybridized carbons (Fsp3) is 0.389. The van der Waals surface area contributed by atoms with Gasteiger partial charge in [-0.1, -0.05) is 18.5 Å². The first-order chi connectivity index (χ1) is 13.1. The van der Waals surface area contributed by atoms with Crippen LogP contribution in [0.5, 0.6) is 0 Å². The summed E-state index contributed by atoms with van der Waals surface area (Å²) in [5.41, 5.74) is 2.29. The molecule has 1 atom stereocenters. The fourth-order valence-electron chi connectivity index (χ4n) is 3.39. The Bertz CT molecular complexity index is 985. The van der Waals surface area contributed by atoms with Crippen LogP contribution in [0.3, 0.4) is 0 Å². The van der Waals surface area contributed by atoms with Gasteiger partial charge in [-0.3, -0.25) is 4.79 Å². The van der Waals surface area contributed by atoms with Crippen molar-refractivity contribution in [3.05, 3.63) is 29.8 Å². The molecule has 3 aromatic heterocycles.